The number of aromatic nitrogens is 1. The van der Waals surface area contributed by atoms with Gasteiger partial charge >= 0.3 is 0 Å². The monoisotopic (exact) mass is 272 g/mol. The molecule has 2 aromatic carbocycles. The van der Waals surface area contributed by atoms with Gasteiger partial charge in [-0.15, -0.1) is 12.4 Å². The molecule has 1 atom stereocenters. The summed E-state index contributed by atoms with van der Waals surface area (Å²) in [5.74, 6) is 0.252. The Morgan fingerprint density at radius 1 is 0.947 bits per heavy atom. The molecule has 1 heterocycles. The van der Waals surface area contributed by atoms with Crippen LogP contribution in [0.3, 0.4) is 0 Å². The molecule has 3 N–H and O–H groups in total. The molecule has 0 bridgehead atoms. The number of hydrogen-bond acceptors (Lipinski definition) is 1. The molecule has 0 aliphatic rings. The molecule has 0 fully saturated rings. The predicted molar refractivity (Wildman–Crippen MR) is 82.9 cm³/mol. The highest BCUT2D eigenvalue weighted by atomic mass is 35.5. The SMILES string of the molecule is Cl.NCC(c1ccccc1)c1c[nH]c2ccccc12. The highest BCUT2D eigenvalue weighted by molar-refractivity contribution is 5.85. The van der Waals surface area contributed by atoms with Crippen molar-refractivity contribution in [2.75, 3.05) is 6.54 Å². The van der Waals surface area contributed by atoms with Crippen LogP contribution in [0.2, 0.25) is 0 Å². The lowest BCUT2D eigenvalue weighted by atomic mass is 9.91. The number of halogens is 1. The first kappa shape index (κ1) is 13.7. The van der Waals surface area contributed by atoms with Crippen LogP contribution in [0.5, 0.6) is 0 Å². The van der Waals surface area contributed by atoms with E-state index in [1.54, 1.807) is 0 Å². The standard InChI is InChI=1S/C16H16N2.ClH/c17-10-14(12-6-2-1-3-7-12)15-11-18-16-9-5-4-8-13(15)16;/h1-9,11,14,18H,10,17H2;1H. The van der Waals surface area contributed by atoms with Crippen LogP contribution in [0.4, 0.5) is 0 Å². The lowest BCUT2D eigenvalue weighted by molar-refractivity contribution is 0.825. The molecule has 3 rings (SSSR count). The number of aromatic amines is 1. The van der Waals surface area contributed by atoms with E-state index in [1.807, 2.05) is 12.1 Å². The normalized spacial score (nSPS) is 12.1. The molecule has 2 nitrogen and oxygen atoms in total. The number of benzene rings is 2. The van der Waals surface area contributed by atoms with Crippen molar-refractivity contribution in [2.24, 2.45) is 5.73 Å². The van der Waals surface area contributed by atoms with Crippen LogP contribution in [0, 0.1) is 0 Å². The Morgan fingerprint density at radius 3 is 2.37 bits per heavy atom. The average Bonchev–Trinajstić information content (AvgIpc) is 2.85. The van der Waals surface area contributed by atoms with Crippen molar-refractivity contribution in [2.45, 2.75) is 5.92 Å². The molecular weight excluding hydrogens is 256 g/mol. The van der Waals surface area contributed by atoms with E-state index in [1.165, 1.54) is 22.0 Å². The first-order chi connectivity index (χ1) is 8.90. The first-order valence-corrected chi connectivity index (χ1v) is 6.21. The second kappa shape index (κ2) is 5.91. The molecule has 0 spiro atoms. The maximum Gasteiger partial charge on any atom is 0.0457 e. The fourth-order valence-electron chi connectivity index (χ4n) is 2.51. The minimum Gasteiger partial charge on any atom is -0.361 e. The van der Waals surface area contributed by atoms with E-state index in [9.17, 15) is 0 Å². The van der Waals surface area contributed by atoms with Crippen LogP contribution >= 0.6 is 12.4 Å². The van der Waals surface area contributed by atoms with E-state index >= 15 is 0 Å². The Kier molecular flexibility index (Phi) is 4.25. The van der Waals surface area contributed by atoms with E-state index in [2.05, 4.69) is 53.6 Å². The molecule has 3 aromatic rings. The number of para-hydroxylation sites is 1. The summed E-state index contributed by atoms with van der Waals surface area (Å²) in [6.07, 6.45) is 2.08. The smallest absolute Gasteiger partial charge is 0.0457 e. The highest BCUT2D eigenvalue weighted by Gasteiger charge is 2.15. The van der Waals surface area contributed by atoms with Gasteiger partial charge in [-0.25, -0.2) is 0 Å². The summed E-state index contributed by atoms with van der Waals surface area (Å²) in [7, 11) is 0. The third-order valence-corrected chi connectivity index (χ3v) is 3.43. The maximum atomic E-state index is 5.97. The lowest BCUT2D eigenvalue weighted by Crippen LogP contribution is -2.13. The largest absolute Gasteiger partial charge is 0.361 e. The van der Waals surface area contributed by atoms with E-state index < -0.39 is 0 Å². The topological polar surface area (TPSA) is 41.8 Å². The molecular formula is C16H17ClN2. The molecule has 0 aliphatic carbocycles. The Morgan fingerprint density at radius 2 is 1.63 bits per heavy atom. The number of hydrogen-bond donors (Lipinski definition) is 2. The molecule has 0 amide bonds. The molecule has 19 heavy (non-hydrogen) atoms. The Hall–Kier alpha value is -1.77. The first-order valence-electron chi connectivity index (χ1n) is 6.21. The lowest BCUT2D eigenvalue weighted by Gasteiger charge is -2.14. The van der Waals surface area contributed by atoms with Crippen LogP contribution in [-0.4, -0.2) is 11.5 Å². The molecule has 0 saturated heterocycles. The van der Waals surface area contributed by atoms with Crippen molar-refractivity contribution in [1.82, 2.24) is 4.98 Å². The number of H-pyrrole nitrogens is 1. The predicted octanol–water partition coefficient (Wildman–Crippen LogP) is 3.68. The fourth-order valence-corrected chi connectivity index (χ4v) is 2.51. The van der Waals surface area contributed by atoms with Gasteiger partial charge in [0.05, 0.1) is 0 Å². The number of fused-ring (bicyclic) bond motifs is 1. The zero-order valence-corrected chi connectivity index (χ0v) is 11.4. The third kappa shape index (κ3) is 2.50. The van der Waals surface area contributed by atoms with Gasteiger partial charge in [0, 0.05) is 29.6 Å². The summed E-state index contributed by atoms with van der Waals surface area (Å²) >= 11 is 0. The van der Waals surface area contributed by atoms with E-state index in [0.29, 0.717) is 6.54 Å². The van der Waals surface area contributed by atoms with Gasteiger partial charge in [0.1, 0.15) is 0 Å². The second-order valence-corrected chi connectivity index (χ2v) is 4.49. The molecule has 1 aromatic heterocycles. The average molecular weight is 273 g/mol. The van der Waals surface area contributed by atoms with Gasteiger partial charge < -0.3 is 10.7 Å². The van der Waals surface area contributed by atoms with Crippen molar-refractivity contribution in [1.29, 1.82) is 0 Å². The minimum atomic E-state index is 0. The van der Waals surface area contributed by atoms with Crippen LogP contribution in [0.1, 0.15) is 17.0 Å². The van der Waals surface area contributed by atoms with Gasteiger partial charge in [-0.05, 0) is 17.2 Å². The molecule has 0 radical (unpaired) electrons. The molecule has 3 heteroatoms. The second-order valence-electron chi connectivity index (χ2n) is 4.49. The van der Waals surface area contributed by atoms with Gasteiger partial charge in [0.2, 0.25) is 0 Å². The van der Waals surface area contributed by atoms with Crippen molar-refractivity contribution < 1.29 is 0 Å². The highest BCUT2D eigenvalue weighted by Crippen LogP contribution is 2.29. The summed E-state index contributed by atoms with van der Waals surface area (Å²) in [6.45, 7) is 0.617. The zero-order valence-electron chi connectivity index (χ0n) is 10.5. The van der Waals surface area contributed by atoms with Gasteiger partial charge in [-0.2, -0.15) is 0 Å². The van der Waals surface area contributed by atoms with E-state index in [4.69, 9.17) is 5.73 Å². The fraction of sp³-hybridized carbons (Fsp3) is 0.125. The number of rotatable bonds is 3. The minimum absolute atomic E-state index is 0. The summed E-state index contributed by atoms with van der Waals surface area (Å²) < 4.78 is 0. The Labute approximate surface area is 119 Å². The summed E-state index contributed by atoms with van der Waals surface area (Å²) in [5, 5.41) is 1.26. The zero-order chi connectivity index (χ0) is 12.4. The van der Waals surface area contributed by atoms with Gasteiger partial charge in [0.25, 0.3) is 0 Å². The van der Waals surface area contributed by atoms with E-state index in [-0.39, 0.29) is 18.3 Å². The number of nitrogens with two attached hydrogens (primary N) is 1. The third-order valence-electron chi connectivity index (χ3n) is 3.43. The van der Waals surface area contributed by atoms with Crippen molar-refractivity contribution >= 4 is 23.3 Å². The van der Waals surface area contributed by atoms with Crippen LogP contribution in [0.15, 0.2) is 60.8 Å². The summed E-state index contributed by atoms with van der Waals surface area (Å²) in [4.78, 5) is 3.32. The maximum absolute atomic E-state index is 5.97. The Bertz CT molecular complexity index is 646. The van der Waals surface area contributed by atoms with Crippen molar-refractivity contribution in [3.63, 3.8) is 0 Å². The van der Waals surface area contributed by atoms with Crippen LogP contribution < -0.4 is 5.73 Å². The van der Waals surface area contributed by atoms with Gasteiger partial charge in [0.15, 0.2) is 0 Å². The van der Waals surface area contributed by atoms with Crippen LogP contribution in [0.25, 0.3) is 10.9 Å². The molecule has 98 valence electrons. The number of nitrogens with one attached hydrogen (secondary N) is 1. The van der Waals surface area contributed by atoms with Crippen molar-refractivity contribution in [3.8, 4) is 0 Å². The van der Waals surface area contributed by atoms with E-state index in [0.717, 1.165) is 0 Å². The van der Waals surface area contributed by atoms with Crippen LogP contribution in [-0.2, 0) is 0 Å². The summed E-state index contributed by atoms with van der Waals surface area (Å²) in [6, 6.07) is 18.8. The molecule has 1 unspecified atom stereocenters. The molecule has 0 aliphatic heterocycles. The molecule has 0 saturated carbocycles. The van der Waals surface area contributed by atoms with Gasteiger partial charge in [-0.1, -0.05) is 48.5 Å². The quantitative estimate of drug-likeness (QED) is 0.750. The summed E-state index contributed by atoms with van der Waals surface area (Å²) in [5.41, 5.74) is 9.69. The van der Waals surface area contributed by atoms with Crippen molar-refractivity contribution in [3.05, 3.63) is 71.9 Å². The Balaban J connectivity index is 0.00000133. The van der Waals surface area contributed by atoms with Gasteiger partial charge in [-0.3, -0.25) is 0 Å².